The Labute approximate surface area is 200 Å². The fourth-order valence-electron chi connectivity index (χ4n) is 4.33. The van der Waals surface area contributed by atoms with E-state index in [0.29, 0.717) is 36.9 Å². The molecule has 186 valence electrons. The van der Waals surface area contributed by atoms with E-state index in [2.05, 4.69) is 9.97 Å². The predicted octanol–water partition coefficient (Wildman–Crippen LogP) is 4.55. The molecule has 35 heavy (non-hydrogen) atoms. The van der Waals surface area contributed by atoms with Crippen LogP contribution in [0, 0.1) is 5.82 Å². The molecule has 0 aliphatic carbocycles. The molecule has 1 fully saturated rings. The van der Waals surface area contributed by atoms with Crippen LogP contribution in [-0.4, -0.2) is 24.9 Å². The number of nitrogens with two attached hydrogens (primary N) is 1. The van der Waals surface area contributed by atoms with Gasteiger partial charge in [-0.15, -0.1) is 0 Å². The van der Waals surface area contributed by atoms with Crippen LogP contribution in [-0.2, 0) is 34.8 Å². The van der Waals surface area contributed by atoms with E-state index in [1.807, 2.05) is 0 Å². The van der Waals surface area contributed by atoms with Gasteiger partial charge >= 0.3 is 6.18 Å². The summed E-state index contributed by atoms with van der Waals surface area (Å²) in [5.74, 6) is -0.661. The normalized spacial score (nSPS) is 16.6. The second-order valence-corrected chi connectivity index (χ2v) is 10.2. The van der Waals surface area contributed by atoms with Crippen LogP contribution in [0.3, 0.4) is 0 Å². The summed E-state index contributed by atoms with van der Waals surface area (Å²) >= 11 is 0. The molecule has 1 aliphatic heterocycles. The van der Waals surface area contributed by atoms with Crippen molar-refractivity contribution in [2.45, 2.75) is 43.7 Å². The molecule has 1 saturated heterocycles. The van der Waals surface area contributed by atoms with Gasteiger partial charge < -0.3 is 4.90 Å². The third-order valence-electron chi connectivity index (χ3n) is 6.03. The van der Waals surface area contributed by atoms with E-state index in [1.54, 1.807) is 29.2 Å². The highest BCUT2D eigenvalue weighted by Crippen LogP contribution is 2.38. The fraction of sp³-hybridized carbons (Fsp3) is 0.333. The minimum Gasteiger partial charge on any atom is -0.347 e. The van der Waals surface area contributed by atoms with Gasteiger partial charge in [-0.3, -0.25) is 0 Å². The number of alkyl halides is 3. The number of halogens is 4. The second kappa shape index (κ2) is 9.90. The van der Waals surface area contributed by atoms with Crippen LogP contribution in [0.2, 0.25) is 0 Å². The van der Waals surface area contributed by atoms with Crippen molar-refractivity contribution in [3.8, 4) is 0 Å². The Balaban J connectivity index is 1.48. The van der Waals surface area contributed by atoms with E-state index in [1.165, 1.54) is 18.5 Å². The summed E-state index contributed by atoms with van der Waals surface area (Å²) < 4.78 is 76.6. The number of primary sulfonamides is 1. The van der Waals surface area contributed by atoms with Crippen molar-refractivity contribution in [1.29, 1.82) is 0 Å². The minimum absolute atomic E-state index is 0.140. The van der Waals surface area contributed by atoms with E-state index in [-0.39, 0.29) is 23.3 Å². The van der Waals surface area contributed by atoms with Gasteiger partial charge in [0.25, 0.3) is 0 Å². The zero-order valence-corrected chi connectivity index (χ0v) is 19.5. The largest absolute Gasteiger partial charge is 0.416 e. The van der Waals surface area contributed by atoms with Crippen molar-refractivity contribution in [3.05, 3.63) is 88.6 Å². The van der Waals surface area contributed by atoms with Crippen LogP contribution in [0.1, 0.15) is 46.8 Å². The molecule has 1 aliphatic rings. The Morgan fingerprint density at radius 1 is 0.971 bits per heavy atom. The van der Waals surface area contributed by atoms with Crippen molar-refractivity contribution in [1.82, 2.24) is 9.97 Å². The number of aryl methyl sites for hydroxylation is 2. The van der Waals surface area contributed by atoms with Gasteiger partial charge in [0.1, 0.15) is 6.33 Å². The number of aromatic nitrogens is 2. The second-order valence-electron chi connectivity index (χ2n) is 8.55. The van der Waals surface area contributed by atoms with Crippen LogP contribution in [0.15, 0.2) is 54.9 Å². The first-order valence-electron chi connectivity index (χ1n) is 11.0. The predicted molar refractivity (Wildman–Crippen MR) is 123 cm³/mol. The lowest BCUT2D eigenvalue weighted by atomic mass is 10.0. The van der Waals surface area contributed by atoms with Crippen molar-refractivity contribution < 1.29 is 26.0 Å². The summed E-state index contributed by atoms with van der Waals surface area (Å²) in [6.45, 7) is 0.532. The Morgan fingerprint density at radius 2 is 1.63 bits per heavy atom. The highest BCUT2D eigenvalue weighted by Gasteiger charge is 2.33. The summed E-state index contributed by atoms with van der Waals surface area (Å²) in [6.07, 6.45) is -0.903. The minimum atomic E-state index is -4.41. The Hall–Kier alpha value is -3.05. The van der Waals surface area contributed by atoms with Gasteiger partial charge in [-0.2, -0.15) is 13.2 Å². The van der Waals surface area contributed by atoms with Crippen molar-refractivity contribution >= 4 is 15.8 Å². The van der Waals surface area contributed by atoms with Crippen molar-refractivity contribution in [3.63, 3.8) is 0 Å². The molecule has 1 aromatic heterocycles. The monoisotopic (exact) mass is 508 g/mol. The molecule has 0 amide bonds. The first-order valence-corrected chi connectivity index (χ1v) is 12.7. The van der Waals surface area contributed by atoms with Gasteiger partial charge in [-0.05, 0) is 54.5 Å². The van der Waals surface area contributed by atoms with Gasteiger partial charge in [0.05, 0.1) is 23.1 Å². The zero-order chi connectivity index (χ0) is 25.2. The number of rotatable bonds is 7. The summed E-state index contributed by atoms with van der Waals surface area (Å²) in [5, 5.41) is 5.06. The van der Waals surface area contributed by atoms with E-state index >= 15 is 4.39 Å². The van der Waals surface area contributed by atoms with Crippen molar-refractivity contribution in [2.24, 2.45) is 5.14 Å². The number of anilines is 1. The molecule has 1 atom stereocenters. The van der Waals surface area contributed by atoms with Gasteiger partial charge in [0.15, 0.2) is 11.6 Å². The van der Waals surface area contributed by atoms with Crippen LogP contribution in [0.5, 0.6) is 0 Å². The van der Waals surface area contributed by atoms with E-state index in [0.717, 1.165) is 24.1 Å². The zero-order valence-electron chi connectivity index (χ0n) is 18.7. The number of hydrogen-bond donors (Lipinski definition) is 1. The molecule has 6 nitrogen and oxygen atoms in total. The quantitative estimate of drug-likeness (QED) is 0.473. The lowest BCUT2D eigenvalue weighted by Gasteiger charge is -2.27. The highest BCUT2D eigenvalue weighted by molar-refractivity contribution is 7.88. The number of nitrogens with zero attached hydrogens (tertiary/aromatic N) is 3. The average Bonchev–Trinajstić information content (AvgIpc) is 3.27. The topological polar surface area (TPSA) is 89.2 Å². The van der Waals surface area contributed by atoms with Gasteiger partial charge in [-0.25, -0.2) is 27.9 Å². The standard InChI is InChI=1S/C24H24F4N4O2S/c25-22-20(12-7-16-3-5-17(6-4-16)14-35(29,33)34)30-15-31-23(22)32-13-1-2-21(32)18-8-10-19(11-9-18)24(26,27)28/h3-6,8-11,15,21H,1-2,7,12-14H2,(H2,29,33,34). The summed E-state index contributed by atoms with van der Waals surface area (Å²) in [7, 11) is -3.62. The lowest BCUT2D eigenvalue weighted by molar-refractivity contribution is -0.137. The molecule has 4 rings (SSSR count). The Bertz CT molecular complexity index is 1280. The van der Waals surface area contributed by atoms with Crippen LogP contribution < -0.4 is 10.0 Å². The third-order valence-corrected chi connectivity index (χ3v) is 6.77. The summed E-state index contributed by atoms with van der Waals surface area (Å²) in [5.41, 5.74) is 1.64. The van der Waals surface area contributed by atoms with Crippen LogP contribution >= 0.6 is 0 Å². The Morgan fingerprint density at radius 3 is 2.26 bits per heavy atom. The maximum absolute atomic E-state index is 15.4. The lowest BCUT2D eigenvalue weighted by Crippen LogP contribution is -2.25. The molecule has 2 heterocycles. The molecule has 11 heteroatoms. The molecule has 1 unspecified atom stereocenters. The number of sulfonamides is 1. The summed E-state index contributed by atoms with van der Waals surface area (Å²) in [6, 6.07) is 11.5. The van der Waals surface area contributed by atoms with E-state index < -0.39 is 27.6 Å². The van der Waals surface area contributed by atoms with E-state index in [4.69, 9.17) is 5.14 Å². The van der Waals surface area contributed by atoms with Crippen LogP contribution in [0.4, 0.5) is 23.4 Å². The maximum Gasteiger partial charge on any atom is 0.416 e. The molecule has 0 bridgehead atoms. The maximum atomic E-state index is 15.4. The van der Waals surface area contributed by atoms with Crippen molar-refractivity contribution in [2.75, 3.05) is 11.4 Å². The smallest absolute Gasteiger partial charge is 0.347 e. The SMILES string of the molecule is NS(=O)(=O)Cc1ccc(CCc2ncnc(N3CCCC3c3ccc(C(F)(F)F)cc3)c2F)cc1. The molecule has 0 saturated carbocycles. The van der Waals surface area contributed by atoms with Gasteiger partial charge in [-0.1, -0.05) is 36.4 Å². The fourth-order valence-corrected chi connectivity index (χ4v) is 4.99. The molecule has 3 aromatic rings. The molecule has 2 N–H and O–H groups in total. The molecule has 0 radical (unpaired) electrons. The Kier molecular flexibility index (Phi) is 7.09. The number of benzene rings is 2. The van der Waals surface area contributed by atoms with Crippen LogP contribution in [0.25, 0.3) is 0 Å². The third kappa shape index (κ3) is 6.15. The molecular weight excluding hydrogens is 484 g/mol. The van der Waals surface area contributed by atoms with Gasteiger partial charge in [0, 0.05) is 6.54 Å². The molecule has 2 aromatic carbocycles. The highest BCUT2D eigenvalue weighted by atomic mass is 32.2. The first kappa shape index (κ1) is 25.1. The average molecular weight is 509 g/mol. The first-order chi connectivity index (χ1) is 16.5. The number of hydrogen-bond acceptors (Lipinski definition) is 5. The molecular formula is C24H24F4N4O2S. The van der Waals surface area contributed by atoms with Gasteiger partial charge in [0.2, 0.25) is 10.0 Å². The molecule has 0 spiro atoms. The van der Waals surface area contributed by atoms with E-state index in [9.17, 15) is 21.6 Å². The summed E-state index contributed by atoms with van der Waals surface area (Å²) in [4.78, 5) is 10.0.